The Kier molecular flexibility index (Phi) is 3.27. The van der Waals surface area contributed by atoms with Crippen LogP contribution in [0.4, 0.5) is 10.5 Å². The molecule has 1 aliphatic heterocycles. The van der Waals surface area contributed by atoms with Crippen LogP contribution < -0.4 is 11.1 Å². The molecule has 90 valence electrons. The Hall–Kier alpha value is -2.04. The molecule has 0 radical (unpaired) electrons. The zero-order chi connectivity index (χ0) is 12.3. The maximum Gasteiger partial charge on any atom is 0.322 e. The number of hydrogen-bond donors (Lipinski definition) is 3. The third-order valence-electron chi connectivity index (χ3n) is 2.90. The smallest absolute Gasteiger partial charge is 0.322 e. The van der Waals surface area contributed by atoms with Crippen molar-refractivity contribution in [1.29, 1.82) is 5.41 Å². The van der Waals surface area contributed by atoms with E-state index >= 15 is 0 Å². The summed E-state index contributed by atoms with van der Waals surface area (Å²) in [6.45, 7) is 0.656. The molecule has 1 saturated heterocycles. The summed E-state index contributed by atoms with van der Waals surface area (Å²) in [4.78, 5) is 13.6. The fourth-order valence-corrected chi connectivity index (χ4v) is 2.05. The first-order chi connectivity index (χ1) is 8.18. The second-order valence-corrected chi connectivity index (χ2v) is 4.10. The number of likely N-dealkylation sites (tertiary alicyclic amines) is 1. The topological polar surface area (TPSA) is 82.2 Å². The van der Waals surface area contributed by atoms with Crippen LogP contribution in [0.1, 0.15) is 12.8 Å². The van der Waals surface area contributed by atoms with E-state index in [4.69, 9.17) is 11.1 Å². The number of urea groups is 1. The number of hydrogen-bond acceptors (Lipinski definition) is 2. The van der Waals surface area contributed by atoms with Crippen LogP contribution in [0.15, 0.2) is 30.3 Å². The first-order valence-electron chi connectivity index (χ1n) is 5.65. The summed E-state index contributed by atoms with van der Waals surface area (Å²) in [5, 5.41) is 10.3. The number of nitrogens with zero attached hydrogens (tertiary/aromatic N) is 1. The van der Waals surface area contributed by atoms with Crippen molar-refractivity contribution in [2.75, 3.05) is 11.9 Å². The molecule has 0 bridgehead atoms. The average molecular weight is 232 g/mol. The van der Waals surface area contributed by atoms with Gasteiger partial charge in [0.15, 0.2) is 0 Å². The van der Waals surface area contributed by atoms with Crippen molar-refractivity contribution in [2.45, 2.75) is 18.9 Å². The van der Waals surface area contributed by atoms with Gasteiger partial charge in [0.1, 0.15) is 5.84 Å². The van der Waals surface area contributed by atoms with Gasteiger partial charge in [-0.15, -0.1) is 0 Å². The number of nitrogens with two attached hydrogens (primary N) is 1. The van der Waals surface area contributed by atoms with E-state index in [-0.39, 0.29) is 17.9 Å². The molecule has 1 fully saturated rings. The largest absolute Gasteiger partial charge is 0.386 e. The van der Waals surface area contributed by atoms with Gasteiger partial charge in [-0.3, -0.25) is 5.41 Å². The highest BCUT2D eigenvalue weighted by Crippen LogP contribution is 2.18. The van der Waals surface area contributed by atoms with Crippen LogP contribution in [0.2, 0.25) is 0 Å². The number of amides is 2. The van der Waals surface area contributed by atoms with Crippen molar-refractivity contribution in [3.8, 4) is 0 Å². The molecule has 4 N–H and O–H groups in total. The summed E-state index contributed by atoms with van der Waals surface area (Å²) in [6, 6.07) is 8.84. The van der Waals surface area contributed by atoms with Crippen LogP contribution >= 0.6 is 0 Å². The molecule has 1 aromatic rings. The molecule has 1 unspecified atom stereocenters. The third kappa shape index (κ3) is 2.55. The summed E-state index contributed by atoms with van der Waals surface area (Å²) < 4.78 is 0. The quantitative estimate of drug-likeness (QED) is 0.535. The van der Waals surface area contributed by atoms with Gasteiger partial charge in [0.05, 0.1) is 6.04 Å². The first kappa shape index (κ1) is 11.4. The zero-order valence-corrected chi connectivity index (χ0v) is 9.52. The molecule has 17 heavy (non-hydrogen) atoms. The van der Waals surface area contributed by atoms with E-state index in [0.29, 0.717) is 6.54 Å². The van der Waals surface area contributed by atoms with Gasteiger partial charge < -0.3 is 16.0 Å². The highest BCUT2D eigenvalue weighted by Gasteiger charge is 2.30. The standard InChI is InChI=1S/C12H16N4O/c13-11(14)10-7-4-8-16(10)12(17)15-9-5-2-1-3-6-9/h1-3,5-6,10H,4,7-8H2,(H3,13,14)(H,15,17). The molecular formula is C12H16N4O. The number of amidine groups is 1. The van der Waals surface area contributed by atoms with Crippen molar-refractivity contribution in [3.05, 3.63) is 30.3 Å². The Balaban J connectivity index is 2.03. The third-order valence-corrected chi connectivity index (χ3v) is 2.90. The zero-order valence-electron chi connectivity index (χ0n) is 9.52. The molecule has 1 aromatic carbocycles. The van der Waals surface area contributed by atoms with Gasteiger partial charge in [-0.25, -0.2) is 4.79 Å². The number of para-hydroxylation sites is 1. The number of nitrogens with one attached hydrogen (secondary N) is 2. The summed E-state index contributed by atoms with van der Waals surface area (Å²) >= 11 is 0. The number of carbonyl (C=O) groups excluding carboxylic acids is 1. The van der Waals surface area contributed by atoms with Crippen molar-refractivity contribution in [3.63, 3.8) is 0 Å². The highest BCUT2D eigenvalue weighted by atomic mass is 16.2. The van der Waals surface area contributed by atoms with Gasteiger partial charge in [-0.2, -0.15) is 0 Å². The van der Waals surface area contributed by atoms with Crippen molar-refractivity contribution in [2.24, 2.45) is 5.73 Å². The van der Waals surface area contributed by atoms with E-state index in [9.17, 15) is 4.79 Å². The van der Waals surface area contributed by atoms with Crippen LogP contribution in [0, 0.1) is 5.41 Å². The Labute approximate surface area is 100 Å². The molecular weight excluding hydrogens is 216 g/mol. The summed E-state index contributed by atoms with van der Waals surface area (Å²) in [5.74, 6) is 0.0608. The highest BCUT2D eigenvalue weighted by molar-refractivity contribution is 5.94. The number of benzene rings is 1. The fourth-order valence-electron chi connectivity index (χ4n) is 2.05. The number of carbonyl (C=O) groups is 1. The van der Waals surface area contributed by atoms with E-state index in [2.05, 4.69) is 5.32 Å². The second-order valence-electron chi connectivity index (χ2n) is 4.10. The Morgan fingerprint density at radius 1 is 1.41 bits per heavy atom. The molecule has 5 nitrogen and oxygen atoms in total. The lowest BCUT2D eigenvalue weighted by Gasteiger charge is -2.23. The molecule has 1 atom stereocenters. The molecule has 0 saturated carbocycles. The van der Waals surface area contributed by atoms with Crippen molar-refractivity contribution < 1.29 is 4.79 Å². The van der Waals surface area contributed by atoms with Gasteiger partial charge in [-0.1, -0.05) is 18.2 Å². The van der Waals surface area contributed by atoms with Gasteiger partial charge in [0.25, 0.3) is 0 Å². The summed E-state index contributed by atoms with van der Waals surface area (Å²) in [6.07, 6.45) is 1.67. The minimum Gasteiger partial charge on any atom is -0.386 e. The van der Waals surface area contributed by atoms with Gasteiger partial charge >= 0.3 is 6.03 Å². The summed E-state index contributed by atoms with van der Waals surface area (Å²) in [7, 11) is 0. The Morgan fingerprint density at radius 3 is 2.76 bits per heavy atom. The number of anilines is 1. The molecule has 1 aliphatic rings. The van der Waals surface area contributed by atoms with Crippen LogP contribution in [0.5, 0.6) is 0 Å². The SMILES string of the molecule is N=C(N)C1CCCN1C(=O)Nc1ccccc1. The molecule has 0 spiro atoms. The minimum absolute atomic E-state index is 0.0608. The lowest BCUT2D eigenvalue weighted by atomic mass is 10.2. The second kappa shape index (κ2) is 4.86. The first-order valence-corrected chi connectivity index (χ1v) is 5.65. The molecule has 0 aliphatic carbocycles. The van der Waals surface area contributed by atoms with E-state index in [1.54, 1.807) is 4.90 Å². The van der Waals surface area contributed by atoms with Gasteiger partial charge in [-0.05, 0) is 25.0 Å². The van der Waals surface area contributed by atoms with Crippen LogP contribution in [-0.4, -0.2) is 29.4 Å². The van der Waals surface area contributed by atoms with Gasteiger partial charge in [0, 0.05) is 12.2 Å². The normalized spacial score (nSPS) is 19.1. The lowest BCUT2D eigenvalue weighted by molar-refractivity contribution is 0.216. The van der Waals surface area contributed by atoms with Crippen LogP contribution in [0.3, 0.4) is 0 Å². The fraction of sp³-hybridized carbons (Fsp3) is 0.333. The predicted octanol–water partition coefficient (Wildman–Crippen LogP) is 1.62. The molecule has 1 heterocycles. The molecule has 5 heteroatoms. The lowest BCUT2D eigenvalue weighted by Crippen LogP contribution is -2.45. The maximum atomic E-state index is 12.0. The van der Waals surface area contributed by atoms with E-state index in [1.165, 1.54) is 0 Å². The molecule has 0 aromatic heterocycles. The van der Waals surface area contributed by atoms with Crippen molar-refractivity contribution in [1.82, 2.24) is 4.90 Å². The molecule has 2 amide bonds. The van der Waals surface area contributed by atoms with E-state index in [0.717, 1.165) is 18.5 Å². The Morgan fingerprint density at radius 2 is 2.12 bits per heavy atom. The predicted molar refractivity (Wildman–Crippen MR) is 67.1 cm³/mol. The van der Waals surface area contributed by atoms with Crippen LogP contribution in [0.25, 0.3) is 0 Å². The summed E-state index contributed by atoms with van der Waals surface area (Å²) in [5.41, 5.74) is 6.24. The van der Waals surface area contributed by atoms with E-state index in [1.807, 2.05) is 30.3 Å². The minimum atomic E-state index is -0.251. The number of rotatable bonds is 2. The monoisotopic (exact) mass is 232 g/mol. The average Bonchev–Trinajstić information content (AvgIpc) is 2.79. The maximum absolute atomic E-state index is 12.0. The van der Waals surface area contributed by atoms with E-state index < -0.39 is 0 Å². The Bertz CT molecular complexity index is 418. The van der Waals surface area contributed by atoms with Gasteiger partial charge in [0.2, 0.25) is 0 Å². The van der Waals surface area contributed by atoms with Crippen LogP contribution in [-0.2, 0) is 0 Å². The van der Waals surface area contributed by atoms with Crippen molar-refractivity contribution >= 4 is 17.6 Å². The molecule has 2 rings (SSSR count).